The molecule has 106 valence electrons. The smallest absolute Gasteiger partial charge is 0.222 e. The molecule has 1 amide bonds. The summed E-state index contributed by atoms with van der Waals surface area (Å²) in [5.74, 6) is -0.304. The summed E-state index contributed by atoms with van der Waals surface area (Å²) in [5.41, 5.74) is 0. The second-order valence-corrected chi connectivity index (χ2v) is 4.42. The Bertz CT molecular complexity index is 272. The van der Waals surface area contributed by atoms with Gasteiger partial charge in [0.15, 0.2) is 6.23 Å². The van der Waals surface area contributed by atoms with Crippen molar-refractivity contribution in [3.8, 4) is 0 Å². The Morgan fingerprint density at radius 2 is 1.89 bits per heavy atom. The second-order valence-electron chi connectivity index (χ2n) is 4.42. The lowest BCUT2D eigenvalue weighted by Gasteiger charge is -2.40. The molecule has 7 nitrogen and oxygen atoms in total. The third kappa shape index (κ3) is 3.63. The van der Waals surface area contributed by atoms with E-state index in [9.17, 15) is 20.1 Å². The van der Waals surface area contributed by atoms with Gasteiger partial charge in [-0.1, -0.05) is 13.3 Å². The van der Waals surface area contributed by atoms with E-state index in [0.29, 0.717) is 12.8 Å². The lowest BCUT2D eigenvalue weighted by atomic mass is 9.98. The molecule has 18 heavy (non-hydrogen) atoms. The molecular formula is C11H21NO6. The molecule has 1 aliphatic rings. The molecule has 0 saturated carbocycles. The predicted octanol–water partition coefficient (Wildman–Crippen LogP) is -1.91. The highest BCUT2D eigenvalue weighted by molar-refractivity contribution is 5.76. The molecule has 5 N–H and O–H groups in total. The van der Waals surface area contributed by atoms with Gasteiger partial charge in [0.1, 0.15) is 24.4 Å². The normalized spacial score (nSPS) is 36.4. The first-order chi connectivity index (χ1) is 8.51. The van der Waals surface area contributed by atoms with Crippen LogP contribution in [0.15, 0.2) is 0 Å². The van der Waals surface area contributed by atoms with Gasteiger partial charge in [-0.05, 0) is 6.42 Å². The van der Waals surface area contributed by atoms with Crippen molar-refractivity contribution >= 4 is 5.91 Å². The minimum atomic E-state index is -1.47. The van der Waals surface area contributed by atoms with Crippen LogP contribution in [0.4, 0.5) is 0 Å². The van der Waals surface area contributed by atoms with Crippen molar-refractivity contribution in [1.29, 1.82) is 0 Å². The zero-order valence-corrected chi connectivity index (χ0v) is 10.3. The minimum absolute atomic E-state index is 0.297. The Hall–Kier alpha value is -0.730. The van der Waals surface area contributed by atoms with E-state index in [4.69, 9.17) is 9.84 Å². The van der Waals surface area contributed by atoms with Gasteiger partial charge in [-0.25, -0.2) is 0 Å². The van der Waals surface area contributed by atoms with E-state index in [1.807, 2.05) is 6.92 Å². The number of unbranched alkanes of at least 4 members (excludes halogenated alkanes) is 1. The van der Waals surface area contributed by atoms with Crippen molar-refractivity contribution in [3.05, 3.63) is 0 Å². The zero-order chi connectivity index (χ0) is 13.7. The minimum Gasteiger partial charge on any atom is -0.394 e. The number of hydrogen-bond donors (Lipinski definition) is 5. The van der Waals surface area contributed by atoms with Gasteiger partial charge in [-0.3, -0.25) is 4.79 Å². The Kier molecular flexibility index (Phi) is 5.97. The molecule has 0 aromatic rings. The summed E-state index contributed by atoms with van der Waals surface area (Å²) in [6.45, 7) is 1.44. The van der Waals surface area contributed by atoms with Gasteiger partial charge in [0.25, 0.3) is 0 Å². The summed E-state index contributed by atoms with van der Waals surface area (Å²) in [6.07, 6.45) is -4.55. The van der Waals surface area contributed by atoms with Crippen LogP contribution >= 0.6 is 0 Å². The third-order valence-electron chi connectivity index (χ3n) is 2.95. The average molecular weight is 263 g/mol. The molecule has 1 rings (SSSR count). The maximum atomic E-state index is 11.5. The van der Waals surface area contributed by atoms with Gasteiger partial charge >= 0.3 is 0 Å². The second kappa shape index (κ2) is 7.01. The summed E-state index contributed by atoms with van der Waals surface area (Å²) in [6, 6.07) is 0. The van der Waals surface area contributed by atoms with Crippen LogP contribution in [0.1, 0.15) is 26.2 Å². The van der Waals surface area contributed by atoms with Gasteiger partial charge in [-0.15, -0.1) is 0 Å². The van der Waals surface area contributed by atoms with E-state index in [1.54, 1.807) is 0 Å². The number of amides is 1. The Morgan fingerprint density at radius 1 is 1.22 bits per heavy atom. The highest BCUT2D eigenvalue weighted by Crippen LogP contribution is 2.19. The molecule has 0 unspecified atom stereocenters. The van der Waals surface area contributed by atoms with Gasteiger partial charge in [0.2, 0.25) is 5.91 Å². The van der Waals surface area contributed by atoms with E-state index < -0.39 is 37.3 Å². The molecular weight excluding hydrogens is 242 g/mol. The SMILES string of the molecule is CCCCC(=O)N[C@@H]1O[C@H](CO)[C@@H](O)[C@H](O)[C@H]1O. The van der Waals surface area contributed by atoms with Crippen LogP contribution < -0.4 is 5.32 Å². The zero-order valence-electron chi connectivity index (χ0n) is 10.3. The fourth-order valence-electron chi connectivity index (χ4n) is 1.79. The number of carbonyl (C=O) groups excluding carboxylic acids is 1. The van der Waals surface area contributed by atoms with E-state index in [0.717, 1.165) is 6.42 Å². The fourth-order valence-corrected chi connectivity index (χ4v) is 1.79. The van der Waals surface area contributed by atoms with Crippen molar-refractivity contribution in [2.24, 2.45) is 0 Å². The summed E-state index contributed by atoms with van der Waals surface area (Å²) in [4.78, 5) is 11.5. The lowest BCUT2D eigenvalue weighted by Crippen LogP contribution is -2.63. The molecule has 1 fully saturated rings. The van der Waals surface area contributed by atoms with E-state index in [-0.39, 0.29) is 5.91 Å². The van der Waals surface area contributed by atoms with Crippen molar-refractivity contribution in [2.75, 3.05) is 6.61 Å². The first-order valence-corrected chi connectivity index (χ1v) is 6.11. The van der Waals surface area contributed by atoms with Crippen LogP contribution in [0.3, 0.4) is 0 Å². The molecule has 0 aromatic carbocycles. The standard InChI is InChI=1S/C11H21NO6/c1-2-3-4-7(14)12-11-10(17)9(16)8(15)6(5-13)18-11/h6,8-11,13,15-17H,2-5H2,1H3,(H,12,14)/t6-,8-,9+,10-,11-/m1/s1. The number of ether oxygens (including phenoxy) is 1. The fraction of sp³-hybridized carbons (Fsp3) is 0.909. The van der Waals surface area contributed by atoms with Crippen molar-refractivity contribution < 1.29 is 30.0 Å². The van der Waals surface area contributed by atoms with E-state index in [2.05, 4.69) is 5.32 Å². The maximum absolute atomic E-state index is 11.5. The van der Waals surface area contributed by atoms with Crippen molar-refractivity contribution in [1.82, 2.24) is 5.32 Å². The van der Waals surface area contributed by atoms with Gasteiger partial charge in [-0.2, -0.15) is 0 Å². The summed E-state index contributed by atoms with van der Waals surface area (Å²) in [7, 11) is 0. The highest BCUT2D eigenvalue weighted by Gasteiger charge is 2.43. The van der Waals surface area contributed by atoms with Crippen LogP contribution in [-0.4, -0.2) is 63.6 Å². The Labute approximate surface area is 105 Å². The number of rotatable bonds is 5. The number of carbonyl (C=O) groups is 1. The predicted molar refractivity (Wildman–Crippen MR) is 61.4 cm³/mol. The summed E-state index contributed by atoms with van der Waals surface area (Å²) < 4.78 is 5.14. The number of aliphatic hydroxyl groups is 4. The van der Waals surface area contributed by atoms with Gasteiger partial charge < -0.3 is 30.5 Å². The monoisotopic (exact) mass is 263 g/mol. The highest BCUT2D eigenvalue weighted by atomic mass is 16.6. The quantitative estimate of drug-likeness (QED) is 0.395. The number of nitrogens with one attached hydrogen (secondary N) is 1. The lowest BCUT2D eigenvalue weighted by molar-refractivity contribution is -0.236. The molecule has 1 aliphatic heterocycles. The third-order valence-corrected chi connectivity index (χ3v) is 2.95. The average Bonchev–Trinajstić information content (AvgIpc) is 2.37. The van der Waals surface area contributed by atoms with E-state index >= 15 is 0 Å². The molecule has 5 atom stereocenters. The maximum Gasteiger partial charge on any atom is 0.222 e. The van der Waals surface area contributed by atoms with E-state index in [1.165, 1.54) is 0 Å². The molecule has 0 aromatic heterocycles. The molecule has 1 heterocycles. The molecule has 1 saturated heterocycles. The van der Waals surface area contributed by atoms with Crippen LogP contribution in [0.2, 0.25) is 0 Å². The topological polar surface area (TPSA) is 119 Å². The van der Waals surface area contributed by atoms with Crippen LogP contribution in [0.5, 0.6) is 0 Å². The van der Waals surface area contributed by atoms with Gasteiger partial charge in [0.05, 0.1) is 6.61 Å². The first kappa shape index (κ1) is 15.3. The number of hydrogen-bond acceptors (Lipinski definition) is 6. The van der Waals surface area contributed by atoms with Gasteiger partial charge in [0, 0.05) is 6.42 Å². The van der Waals surface area contributed by atoms with Crippen molar-refractivity contribution in [2.45, 2.75) is 56.8 Å². The molecule has 0 radical (unpaired) electrons. The summed E-state index contributed by atoms with van der Waals surface area (Å²) in [5, 5.41) is 40.1. The Morgan fingerprint density at radius 3 is 2.44 bits per heavy atom. The number of aliphatic hydroxyl groups excluding tert-OH is 4. The van der Waals surface area contributed by atoms with Crippen LogP contribution in [0, 0.1) is 0 Å². The van der Waals surface area contributed by atoms with Crippen molar-refractivity contribution in [3.63, 3.8) is 0 Å². The van der Waals surface area contributed by atoms with Crippen LogP contribution in [0.25, 0.3) is 0 Å². The first-order valence-electron chi connectivity index (χ1n) is 6.11. The summed E-state index contributed by atoms with van der Waals surface area (Å²) >= 11 is 0. The van der Waals surface area contributed by atoms with Crippen LogP contribution in [-0.2, 0) is 9.53 Å². The molecule has 0 spiro atoms. The largest absolute Gasteiger partial charge is 0.394 e. The molecule has 0 aliphatic carbocycles. The molecule has 7 heteroatoms. The molecule has 0 bridgehead atoms. The Balaban J connectivity index is 2.56.